The van der Waals surface area contributed by atoms with Gasteiger partial charge in [0.15, 0.2) is 5.78 Å². The lowest BCUT2D eigenvalue weighted by molar-refractivity contribution is -0.128. The number of amides is 1. The summed E-state index contributed by atoms with van der Waals surface area (Å²) in [6.45, 7) is 10.1. The number of carbonyl (C=O) groups is 2. The zero-order chi connectivity index (χ0) is 13.7. The zero-order valence-electron chi connectivity index (χ0n) is 12.0. The second-order valence-electron chi connectivity index (χ2n) is 5.88. The number of rotatable bonds is 5. The van der Waals surface area contributed by atoms with Crippen molar-refractivity contribution in [3.63, 3.8) is 0 Å². The molecule has 1 saturated heterocycles. The van der Waals surface area contributed by atoms with Crippen molar-refractivity contribution in [2.45, 2.75) is 46.6 Å². The van der Waals surface area contributed by atoms with Gasteiger partial charge in [0.1, 0.15) is 0 Å². The molecule has 0 aromatic carbocycles. The van der Waals surface area contributed by atoms with Gasteiger partial charge >= 0.3 is 0 Å². The van der Waals surface area contributed by atoms with E-state index in [0.29, 0.717) is 12.5 Å². The van der Waals surface area contributed by atoms with Crippen LogP contribution in [-0.4, -0.2) is 42.3 Å². The van der Waals surface area contributed by atoms with Gasteiger partial charge in [0.2, 0.25) is 5.91 Å². The molecule has 2 atom stereocenters. The molecule has 4 nitrogen and oxygen atoms in total. The van der Waals surface area contributed by atoms with E-state index in [1.165, 1.54) is 13.3 Å². The molecule has 1 aliphatic heterocycles. The first-order chi connectivity index (χ1) is 8.40. The lowest BCUT2D eigenvalue weighted by atomic mass is 9.99. The van der Waals surface area contributed by atoms with Crippen molar-refractivity contribution in [2.24, 2.45) is 11.8 Å². The maximum Gasteiger partial charge on any atom is 0.234 e. The Labute approximate surface area is 110 Å². The van der Waals surface area contributed by atoms with Gasteiger partial charge in [0.25, 0.3) is 0 Å². The number of hydrogen-bond donors (Lipinski definition) is 1. The Hall–Kier alpha value is -0.900. The van der Waals surface area contributed by atoms with Crippen LogP contribution in [-0.2, 0) is 9.59 Å². The van der Waals surface area contributed by atoms with Crippen LogP contribution < -0.4 is 5.32 Å². The number of ketones is 1. The molecule has 1 rings (SSSR count). The third kappa shape index (κ3) is 4.77. The molecule has 1 amide bonds. The van der Waals surface area contributed by atoms with Gasteiger partial charge in [-0.1, -0.05) is 20.8 Å². The van der Waals surface area contributed by atoms with Gasteiger partial charge in [-0.3, -0.25) is 14.5 Å². The number of nitrogens with zero attached hydrogens (tertiary/aromatic N) is 1. The molecule has 1 heterocycles. The summed E-state index contributed by atoms with van der Waals surface area (Å²) < 4.78 is 0. The lowest BCUT2D eigenvalue weighted by Crippen LogP contribution is -2.48. The fraction of sp³-hybridized carbons (Fsp3) is 0.857. The van der Waals surface area contributed by atoms with Crippen molar-refractivity contribution in [3.8, 4) is 0 Å². The molecular weight excluding hydrogens is 228 g/mol. The molecule has 0 spiro atoms. The SMILES string of the molecule is CC(=O)C(NC(=O)CN1CCCC(C)C1)C(C)C. The number of piperidine rings is 1. The summed E-state index contributed by atoms with van der Waals surface area (Å²) in [4.78, 5) is 25.6. The van der Waals surface area contributed by atoms with Crippen molar-refractivity contribution in [3.05, 3.63) is 0 Å². The van der Waals surface area contributed by atoms with Crippen LogP contribution in [0.25, 0.3) is 0 Å². The van der Waals surface area contributed by atoms with E-state index in [0.717, 1.165) is 19.5 Å². The molecular formula is C14H26N2O2. The summed E-state index contributed by atoms with van der Waals surface area (Å²) in [6.07, 6.45) is 2.41. The van der Waals surface area contributed by atoms with Gasteiger partial charge in [-0.25, -0.2) is 0 Å². The van der Waals surface area contributed by atoms with E-state index in [9.17, 15) is 9.59 Å². The van der Waals surface area contributed by atoms with Gasteiger partial charge in [-0.05, 0) is 38.1 Å². The average Bonchev–Trinajstić information content (AvgIpc) is 2.25. The third-order valence-corrected chi connectivity index (χ3v) is 3.53. The summed E-state index contributed by atoms with van der Waals surface area (Å²) in [6, 6.07) is -0.347. The Morgan fingerprint density at radius 1 is 1.39 bits per heavy atom. The molecule has 0 aromatic rings. The van der Waals surface area contributed by atoms with Crippen LogP contribution in [0.4, 0.5) is 0 Å². The largest absolute Gasteiger partial charge is 0.345 e. The van der Waals surface area contributed by atoms with Crippen LogP contribution in [0.3, 0.4) is 0 Å². The Morgan fingerprint density at radius 3 is 2.56 bits per heavy atom. The smallest absolute Gasteiger partial charge is 0.234 e. The summed E-state index contributed by atoms with van der Waals surface area (Å²) in [5.41, 5.74) is 0. The van der Waals surface area contributed by atoms with Crippen LogP contribution in [0.1, 0.15) is 40.5 Å². The highest BCUT2D eigenvalue weighted by molar-refractivity contribution is 5.88. The van der Waals surface area contributed by atoms with Gasteiger partial charge < -0.3 is 5.32 Å². The normalized spacial score (nSPS) is 22.8. The average molecular weight is 254 g/mol. The van der Waals surface area contributed by atoms with Crippen LogP contribution in [0.15, 0.2) is 0 Å². The van der Waals surface area contributed by atoms with Crippen LogP contribution in [0.5, 0.6) is 0 Å². The minimum atomic E-state index is -0.347. The molecule has 1 N–H and O–H groups in total. The monoisotopic (exact) mass is 254 g/mol. The van der Waals surface area contributed by atoms with E-state index < -0.39 is 0 Å². The van der Waals surface area contributed by atoms with Crippen molar-refractivity contribution >= 4 is 11.7 Å². The van der Waals surface area contributed by atoms with Crippen molar-refractivity contribution in [1.29, 1.82) is 0 Å². The molecule has 0 aliphatic carbocycles. The van der Waals surface area contributed by atoms with E-state index in [1.54, 1.807) is 0 Å². The number of carbonyl (C=O) groups excluding carboxylic acids is 2. The fourth-order valence-corrected chi connectivity index (χ4v) is 2.59. The quantitative estimate of drug-likeness (QED) is 0.808. The predicted octanol–water partition coefficient (Wildman–Crippen LogP) is 1.45. The Balaban J connectivity index is 2.42. The van der Waals surface area contributed by atoms with Crippen LogP contribution in [0.2, 0.25) is 0 Å². The fourth-order valence-electron chi connectivity index (χ4n) is 2.59. The minimum absolute atomic E-state index is 0.0296. The molecule has 104 valence electrons. The van der Waals surface area contributed by atoms with E-state index in [4.69, 9.17) is 0 Å². The Morgan fingerprint density at radius 2 is 2.06 bits per heavy atom. The molecule has 0 radical (unpaired) electrons. The second kappa shape index (κ2) is 6.88. The first kappa shape index (κ1) is 15.2. The number of hydrogen-bond acceptors (Lipinski definition) is 3. The molecule has 2 unspecified atom stereocenters. The van der Waals surface area contributed by atoms with Crippen molar-refractivity contribution in [2.75, 3.05) is 19.6 Å². The van der Waals surface area contributed by atoms with Crippen LogP contribution in [0, 0.1) is 11.8 Å². The highest BCUT2D eigenvalue weighted by Crippen LogP contribution is 2.14. The Kier molecular flexibility index (Phi) is 5.79. The second-order valence-corrected chi connectivity index (χ2v) is 5.88. The highest BCUT2D eigenvalue weighted by atomic mass is 16.2. The van der Waals surface area contributed by atoms with Gasteiger partial charge in [-0.2, -0.15) is 0 Å². The number of Topliss-reactive ketones (excluding diaryl/α,β-unsaturated/α-hetero) is 1. The summed E-state index contributed by atoms with van der Waals surface area (Å²) in [5.74, 6) is 0.815. The topological polar surface area (TPSA) is 49.4 Å². The highest BCUT2D eigenvalue weighted by Gasteiger charge is 2.23. The molecule has 0 bridgehead atoms. The summed E-state index contributed by atoms with van der Waals surface area (Å²) >= 11 is 0. The summed E-state index contributed by atoms with van der Waals surface area (Å²) in [5, 5.41) is 2.85. The van der Waals surface area contributed by atoms with E-state index in [2.05, 4.69) is 17.1 Å². The predicted molar refractivity (Wildman–Crippen MR) is 72.3 cm³/mol. The standard InChI is InChI=1S/C14H26N2O2/c1-10(2)14(12(4)17)15-13(18)9-16-7-5-6-11(3)8-16/h10-11,14H,5-9H2,1-4H3,(H,15,18). The molecule has 18 heavy (non-hydrogen) atoms. The molecule has 4 heteroatoms. The van der Waals surface area contributed by atoms with Crippen molar-refractivity contribution in [1.82, 2.24) is 10.2 Å². The number of nitrogens with one attached hydrogen (secondary N) is 1. The van der Waals surface area contributed by atoms with Crippen molar-refractivity contribution < 1.29 is 9.59 Å². The number of likely N-dealkylation sites (tertiary alicyclic amines) is 1. The lowest BCUT2D eigenvalue weighted by Gasteiger charge is -2.31. The minimum Gasteiger partial charge on any atom is -0.345 e. The third-order valence-electron chi connectivity index (χ3n) is 3.53. The first-order valence-corrected chi connectivity index (χ1v) is 6.92. The maximum atomic E-state index is 11.9. The first-order valence-electron chi connectivity index (χ1n) is 6.92. The molecule has 0 saturated carbocycles. The van der Waals surface area contributed by atoms with Gasteiger partial charge in [0, 0.05) is 6.54 Å². The Bertz CT molecular complexity index is 302. The summed E-state index contributed by atoms with van der Waals surface area (Å²) in [7, 11) is 0. The molecule has 1 fully saturated rings. The van der Waals surface area contributed by atoms with E-state index in [1.807, 2.05) is 13.8 Å². The van der Waals surface area contributed by atoms with E-state index >= 15 is 0 Å². The zero-order valence-corrected chi connectivity index (χ0v) is 12.0. The molecule has 0 aromatic heterocycles. The van der Waals surface area contributed by atoms with E-state index in [-0.39, 0.29) is 23.7 Å². The van der Waals surface area contributed by atoms with Crippen LogP contribution >= 0.6 is 0 Å². The maximum absolute atomic E-state index is 11.9. The van der Waals surface area contributed by atoms with Gasteiger partial charge in [0.05, 0.1) is 12.6 Å². The van der Waals surface area contributed by atoms with Gasteiger partial charge in [-0.15, -0.1) is 0 Å². The molecule has 1 aliphatic rings.